The Labute approximate surface area is 130 Å². The largest absolute Gasteiger partial charge is 0.468 e. The van der Waals surface area contributed by atoms with E-state index in [0.29, 0.717) is 5.56 Å². The molecule has 122 valence electrons. The molecule has 1 N–H and O–H groups in total. The van der Waals surface area contributed by atoms with Crippen molar-refractivity contribution in [3.8, 4) is 0 Å². The molecule has 0 spiro atoms. The van der Waals surface area contributed by atoms with E-state index in [1.54, 1.807) is 30.3 Å². The summed E-state index contributed by atoms with van der Waals surface area (Å²) in [6.45, 7) is 0. The van der Waals surface area contributed by atoms with E-state index < -0.39 is 29.9 Å². The minimum absolute atomic E-state index is 0.251. The third kappa shape index (κ3) is 3.87. The van der Waals surface area contributed by atoms with Crippen LogP contribution < -0.4 is 0 Å². The number of rotatable bonds is 4. The molecule has 2 aromatic rings. The van der Waals surface area contributed by atoms with Gasteiger partial charge in [0.05, 0.1) is 12.8 Å². The van der Waals surface area contributed by atoms with Gasteiger partial charge in [0.2, 0.25) is 0 Å². The topological polar surface area (TPSA) is 59.4 Å². The van der Waals surface area contributed by atoms with Crippen molar-refractivity contribution in [3.05, 3.63) is 65.5 Å². The van der Waals surface area contributed by atoms with Crippen molar-refractivity contribution >= 4 is 5.97 Å². The second-order valence-electron chi connectivity index (χ2n) is 4.80. The Morgan fingerprint density at radius 2 is 1.78 bits per heavy atom. The molecule has 2 atom stereocenters. The van der Waals surface area contributed by atoms with Gasteiger partial charge in [-0.2, -0.15) is 13.2 Å². The SMILES string of the molecule is COC(=O)C(c1ccccc1)C(O)c1cccc(C(F)(F)F)n1. The Kier molecular flexibility index (Phi) is 5.00. The highest BCUT2D eigenvalue weighted by molar-refractivity contribution is 5.79. The smallest absolute Gasteiger partial charge is 0.433 e. The quantitative estimate of drug-likeness (QED) is 0.878. The highest BCUT2D eigenvalue weighted by atomic mass is 19.4. The molecule has 1 aromatic carbocycles. The molecule has 0 aliphatic carbocycles. The van der Waals surface area contributed by atoms with Gasteiger partial charge in [-0.1, -0.05) is 36.4 Å². The number of hydrogen-bond acceptors (Lipinski definition) is 4. The standard InChI is InChI=1S/C16H14F3NO3/c1-23-15(22)13(10-6-3-2-4-7-10)14(21)11-8-5-9-12(20-11)16(17,18)19/h2-9,13-14,21H,1H3. The number of carbonyl (C=O) groups excluding carboxylic acids is 1. The summed E-state index contributed by atoms with van der Waals surface area (Å²) in [6.07, 6.45) is -6.20. The molecule has 0 radical (unpaired) electrons. The summed E-state index contributed by atoms with van der Waals surface area (Å²) in [4.78, 5) is 15.4. The van der Waals surface area contributed by atoms with Crippen LogP contribution in [0, 0.1) is 0 Å². The van der Waals surface area contributed by atoms with Crippen LogP contribution >= 0.6 is 0 Å². The second-order valence-corrected chi connectivity index (χ2v) is 4.80. The van der Waals surface area contributed by atoms with Gasteiger partial charge in [-0.3, -0.25) is 4.79 Å². The molecule has 2 rings (SSSR count). The van der Waals surface area contributed by atoms with E-state index in [4.69, 9.17) is 0 Å². The zero-order valence-electron chi connectivity index (χ0n) is 12.1. The Morgan fingerprint density at radius 3 is 2.35 bits per heavy atom. The summed E-state index contributed by atoms with van der Waals surface area (Å²) in [6, 6.07) is 11.3. The van der Waals surface area contributed by atoms with Crippen molar-refractivity contribution in [2.24, 2.45) is 0 Å². The number of aliphatic hydroxyl groups is 1. The van der Waals surface area contributed by atoms with Crippen LogP contribution in [0.1, 0.15) is 29.0 Å². The molecular formula is C16H14F3NO3. The molecule has 1 heterocycles. The molecule has 2 unspecified atom stereocenters. The minimum Gasteiger partial charge on any atom is -0.468 e. The molecule has 0 saturated carbocycles. The number of esters is 1. The van der Waals surface area contributed by atoms with E-state index in [0.717, 1.165) is 19.2 Å². The minimum atomic E-state index is -4.64. The first-order valence-electron chi connectivity index (χ1n) is 6.69. The normalized spacial score (nSPS) is 14.1. The van der Waals surface area contributed by atoms with Gasteiger partial charge in [0, 0.05) is 0 Å². The maximum absolute atomic E-state index is 12.7. The highest BCUT2D eigenvalue weighted by Gasteiger charge is 2.35. The van der Waals surface area contributed by atoms with Crippen LogP contribution in [-0.2, 0) is 15.7 Å². The van der Waals surface area contributed by atoms with Crippen LogP contribution in [0.25, 0.3) is 0 Å². The van der Waals surface area contributed by atoms with Crippen molar-refractivity contribution < 1.29 is 27.8 Å². The van der Waals surface area contributed by atoms with Crippen LogP contribution in [0.4, 0.5) is 13.2 Å². The first-order valence-corrected chi connectivity index (χ1v) is 6.69. The molecule has 1 aromatic heterocycles. The fourth-order valence-corrected chi connectivity index (χ4v) is 2.18. The van der Waals surface area contributed by atoms with Gasteiger partial charge in [-0.05, 0) is 17.7 Å². The number of benzene rings is 1. The maximum atomic E-state index is 12.7. The lowest BCUT2D eigenvalue weighted by Crippen LogP contribution is -2.23. The van der Waals surface area contributed by atoms with Crippen LogP contribution in [-0.4, -0.2) is 23.2 Å². The van der Waals surface area contributed by atoms with Gasteiger partial charge in [0.25, 0.3) is 0 Å². The van der Waals surface area contributed by atoms with Gasteiger partial charge in [-0.15, -0.1) is 0 Å². The van der Waals surface area contributed by atoms with E-state index in [1.165, 1.54) is 6.07 Å². The van der Waals surface area contributed by atoms with Crippen molar-refractivity contribution in [2.45, 2.75) is 18.2 Å². The molecule has 0 amide bonds. The van der Waals surface area contributed by atoms with E-state index in [-0.39, 0.29) is 5.69 Å². The number of ether oxygens (including phenoxy) is 1. The third-order valence-electron chi connectivity index (χ3n) is 3.29. The Morgan fingerprint density at radius 1 is 1.13 bits per heavy atom. The summed E-state index contributed by atoms with van der Waals surface area (Å²) in [5.41, 5.74) is -0.962. The lowest BCUT2D eigenvalue weighted by molar-refractivity contribution is -0.145. The van der Waals surface area contributed by atoms with Gasteiger partial charge in [0.1, 0.15) is 17.7 Å². The molecule has 0 bridgehead atoms. The van der Waals surface area contributed by atoms with Gasteiger partial charge in [-0.25, -0.2) is 4.98 Å². The summed E-state index contributed by atoms with van der Waals surface area (Å²) in [5.74, 6) is -1.93. The summed E-state index contributed by atoms with van der Waals surface area (Å²) < 4.78 is 42.9. The number of hydrogen-bond donors (Lipinski definition) is 1. The Hall–Kier alpha value is -2.41. The summed E-state index contributed by atoms with van der Waals surface area (Å²) in [7, 11) is 1.14. The Balaban J connectivity index is 2.42. The first kappa shape index (κ1) is 17.0. The van der Waals surface area contributed by atoms with E-state index >= 15 is 0 Å². The predicted octanol–water partition coefficient (Wildman–Crippen LogP) is 3.09. The highest BCUT2D eigenvalue weighted by Crippen LogP contribution is 2.33. The van der Waals surface area contributed by atoms with Crippen molar-refractivity contribution in [2.75, 3.05) is 7.11 Å². The second kappa shape index (κ2) is 6.78. The fraction of sp³-hybridized carbons (Fsp3) is 0.250. The molecule has 0 aliphatic rings. The Bertz CT molecular complexity index is 674. The molecule has 23 heavy (non-hydrogen) atoms. The van der Waals surface area contributed by atoms with Gasteiger partial charge < -0.3 is 9.84 Å². The van der Waals surface area contributed by atoms with E-state index in [1.807, 2.05) is 0 Å². The summed E-state index contributed by atoms with van der Waals surface area (Å²) >= 11 is 0. The molecule has 0 aliphatic heterocycles. The molecular weight excluding hydrogens is 311 g/mol. The number of aliphatic hydroxyl groups excluding tert-OH is 1. The number of nitrogens with zero attached hydrogens (tertiary/aromatic N) is 1. The monoisotopic (exact) mass is 325 g/mol. The van der Waals surface area contributed by atoms with Crippen molar-refractivity contribution in [1.82, 2.24) is 4.98 Å². The number of pyridine rings is 1. The van der Waals surface area contributed by atoms with Crippen LogP contribution in [0.5, 0.6) is 0 Å². The zero-order chi connectivity index (χ0) is 17.0. The number of methoxy groups -OCH3 is 1. The van der Waals surface area contributed by atoms with Gasteiger partial charge >= 0.3 is 12.1 Å². The van der Waals surface area contributed by atoms with Crippen LogP contribution in [0.3, 0.4) is 0 Å². The maximum Gasteiger partial charge on any atom is 0.433 e. The van der Waals surface area contributed by atoms with Crippen LogP contribution in [0.15, 0.2) is 48.5 Å². The average molecular weight is 325 g/mol. The number of alkyl halides is 3. The van der Waals surface area contributed by atoms with E-state index in [9.17, 15) is 23.1 Å². The summed E-state index contributed by atoms with van der Waals surface area (Å²) in [5, 5.41) is 10.4. The number of carbonyl (C=O) groups is 1. The molecule has 7 heteroatoms. The van der Waals surface area contributed by atoms with Crippen molar-refractivity contribution in [3.63, 3.8) is 0 Å². The number of halogens is 3. The van der Waals surface area contributed by atoms with Gasteiger partial charge in [0.15, 0.2) is 0 Å². The number of aromatic nitrogens is 1. The lowest BCUT2D eigenvalue weighted by atomic mass is 9.91. The van der Waals surface area contributed by atoms with Crippen molar-refractivity contribution in [1.29, 1.82) is 0 Å². The van der Waals surface area contributed by atoms with Crippen LogP contribution in [0.2, 0.25) is 0 Å². The first-order chi connectivity index (χ1) is 10.8. The molecule has 0 fully saturated rings. The molecule has 4 nitrogen and oxygen atoms in total. The third-order valence-corrected chi connectivity index (χ3v) is 3.29. The average Bonchev–Trinajstić information content (AvgIpc) is 2.55. The lowest BCUT2D eigenvalue weighted by Gasteiger charge is -2.21. The predicted molar refractivity (Wildman–Crippen MR) is 75.4 cm³/mol. The zero-order valence-corrected chi connectivity index (χ0v) is 12.1. The van der Waals surface area contributed by atoms with E-state index in [2.05, 4.69) is 9.72 Å². The fourth-order valence-electron chi connectivity index (χ4n) is 2.18. The molecule has 0 saturated heterocycles.